The molecular weight excluding hydrogens is 156 g/mol. The van der Waals surface area contributed by atoms with Gasteiger partial charge < -0.3 is 10.2 Å². The predicted octanol–water partition coefficient (Wildman–Crippen LogP) is 1.79. The van der Waals surface area contributed by atoms with E-state index in [9.17, 15) is 4.79 Å². The molecular formula is C9H18O3. The lowest BCUT2D eigenvalue weighted by molar-refractivity contribution is -0.137. The van der Waals surface area contributed by atoms with E-state index in [2.05, 4.69) is 0 Å². The van der Waals surface area contributed by atoms with E-state index in [0.29, 0.717) is 6.42 Å². The van der Waals surface area contributed by atoms with E-state index < -0.39 is 5.97 Å². The van der Waals surface area contributed by atoms with Gasteiger partial charge in [0.15, 0.2) is 0 Å². The van der Waals surface area contributed by atoms with Gasteiger partial charge in [0.1, 0.15) is 0 Å². The minimum absolute atomic E-state index is 0.273. The molecule has 0 aliphatic rings. The van der Waals surface area contributed by atoms with Crippen LogP contribution in [0.2, 0.25) is 0 Å². The second-order valence-electron chi connectivity index (χ2n) is 2.99. The lowest BCUT2D eigenvalue weighted by Crippen LogP contribution is -1.93. The summed E-state index contributed by atoms with van der Waals surface area (Å²) < 4.78 is 0. The molecule has 0 unspecified atom stereocenters. The molecule has 0 radical (unpaired) electrons. The van der Waals surface area contributed by atoms with Crippen LogP contribution in [-0.2, 0) is 4.79 Å². The summed E-state index contributed by atoms with van der Waals surface area (Å²) in [6.07, 6.45) is 6.21. The summed E-state index contributed by atoms with van der Waals surface area (Å²) >= 11 is 0. The molecule has 0 spiro atoms. The summed E-state index contributed by atoms with van der Waals surface area (Å²) in [7, 11) is 0. The molecule has 0 aromatic heterocycles. The lowest BCUT2D eigenvalue weighted by Gasteiger charge is -1.98. The number of carboxylic acids is 1. The van der Waals surface area contributed by atoms with Gasteiger partial charge in [-0.2, -0.15) is 0 Å². The van der Waals surface area contributed by atoms with Crippen molar-refractivity contribution >= 4 is 5.97 Å². The van der Waals surface area contributed by atoms with Crippen molar-refractivity contribution in [2.24, 2.45) is 0 Å². The quantitative estimate of drug-likeness (QED) is 0.551. The minimum atomic E-state index is -0.703. The molecule has 0 aliphatic heterocycles. The fourth-order valence-corrected chi connectivity index (χ4v) is 1.10. The third-order valence-electron chi connectivity index (χ3n) is 1.80. The van der Waals surface area contributed by atoms with Gasteiger partial charge in [-0.15, -0.1) is 0 Å². The number of aliphatic hydroxyl groups is 1. The van der Waals surface area contributed by atoms with Crippen LogP contribution in [0.15, 0.2) is 0 Å². The predicted molar refractivity (Wildman–Crippen MR) is 47.0 cm³/mol. The number of hydrogen-bond donors (Lipinski definition) is 2. The molecule has 0 aromatic rings. The molecule has 0 bridgehead atoms. The fourth-order valence-electron chi connectivity index (χ4n) is 1.10. The first kappa shape index (κ1) is 11.4. The maximum Gasteiger partial charge on any atom is 0.303 e. The van der Waals surface area contributed by atoms with E-state index in [1.54, 1.807) is 0 Å². The topological polar surface area (TPSA) is 57.5 Å². The van der Waals surface area contributed by atoms with Gasteiger partial charge in [-0.1, -0.05) is 25.7 Å². The third kappa shape index (κ3) is 9.43. The van der Waals surface area contributed by atoms with Crippen molar-refractivity contribution in [1.82, 2.24) is 0 Å². The molecule has 0 atom stereocenters. The van der Waals surface area contributed by atoms with Gasteiger partial charge in [-0.25, -0.2) is 0 Å². The number of aliphatic carboxylic acids is 1. The van der Waals surface area contributed by atoms with E-state index in [-0.39, 0.29) is 6.61 Å². The fraction of sp³-hybridized carbons (Fsp3) is 0.889. The molecule has 0 fully saturated rings. The van der Waals surface area contributed by atoms with Crippen molar-refractivity contribution in [3.8, 4) is 0 Å². The molecule has 0 aliphatic carbocycles. The van der Waals surface area contributed by atoms with Crippen molar-refractivity contribution in [2.45, 2.75) is 44.9 Å². The molecule has 0 aromatic carbocycles. The van der Waals surface area contributed by atoms with Crippen LogP contribution in [0.1, 0.15) is 44.9 Å². The maximum atomic E-state index is 10.1. The molecule has 0 rings (SSSR count). The summed E-state index contributed by atoms with van der Waals surface area (Å²) in [6, 6.07) is 0. The highest BCUT2D eigenvalue weighted by Crippen LogP contribution is 2.06. The van der Waals surface area contributed by atoms with Crippen LogP contribution in [-0.4, -0.2) is 22.8 Å². The highest BCUT2D eigenvalue weighted by atomic mass is 16.4. The second-order valence-corrected chi connectivity index (χ2v) is 2.99. The van der Waals surface area contributed by atoms with Crippen LogP contribution in [0.4, 0.5) is 0 Å². The Morgan fingerprint density at radius 1 is 0.917 bits per heavy atom. The first-order chi connectivity index (χ1) is 5.77. The van der Waals surface area contributed by atoms with Gasteiger partial charge in [0.2, 0.25) is 0 Å². The third-order valence-corrected chi connectivity index (χ3v) is 1.80. The Labute approximate surface area is 73.4 Å². The van der Waals surface area contributed by atoms with Gasteiger partial charge >= 0.3 is 5.97 Å². The van der Waals surface area contributed by atoms with E-state index in [1.165, 1.54) is 0 Å². The Morgan fingerprint density at radius 3 is 1.92 bits per heavy atom. The summed E-state index contributed by atoms with van der Waals surface area (Å²) in [5.41, 5.74) is 0. The van der Waals surface area contributed by atoms with Gasteiger partial charge in [0.25, 0.3) is 0 Å². The number of hydrogen-bond acceptors (Lipinski definition) is 2. The number of carbonyl (C=O) groups is 1. The Bertz CT molecular complexity index is 112. The number of unbranched alkanes of at least 4 members (excludes halogenated alkanes) is 5. The van der Waals surface area contributed by atoms with Crippen LogP contribution in [0, 0.1) is 0 Å². The Hall–Kier alpha value is -0.570. The average molecular weight is 174 g/mol. The molecule has 12 heavy (non-hydrogen) atoms. The monoisotopic (exact) mass is 174 g/mol. The van der Waals surface area contributed by atoms with E-state index in [4.69, 9.17) is 10.2 Å². The van der Waals surface area contributed by atoms with E-state index in [0.717, 1.165) is 38.5 Å². The van der Waals surface area contributed by atoms with Crippen LogP contribution in [0.3, 0.4) is 0 Å². The van der Waals surface area contributed by atoms with Crippen molar-refractivity contribution in [3.05, 3.63) is 0 Å². The van der Waals surface area contributed by atoms with Crippen LogP contribution in [0.5, 0.6) is 0 Å². The average Bonchev–Trinajstić information content (AvgIpc) is 2.02. The number of aliphatic hydroxyl groups excluding tert-OH is 1. The van der Waals surface area contributed by atoms with Gasteiger partial charge in [-0.3, -0.25) is 4.79 Å². The van der Waals surface area contributed by atoms with Crippen molar-refractivity contribution in [1.29, 1.82) is 0 Å². The standard InChI is InChI=1S/C9H18O3/c10-8-6-4-2-1-3-5-7-9(11)12/h10H,1-8H2,(H,11,12). The zero-order valence-electron chi connectivity index (χ0n) is 7.46. The van der Waals surface area contributed by atoms with Crippen molar-refractivity contribution < 1.29 is 15.0 Å². The van der Waals surface area contributed by atoms with E-state index >= 15 is 0 Å². The summed E-state index contributed by atoms with van der Waals surface area (Å²) in [5, 5.41) is 16.8. The second kappa shape index (κ2) is 8.53. The minimum Gasteiger partial charge on any atom is -0.481 e. The lowest BCUT2D eigenvalue weighted by atomic mass is 10.1. The van der Waals surface area contributed by atoms with Crippen LogP contribution in [0.25, 0.3) is 0 Å². The SMILES string of the molecule is O=C(O)CCCCCCCCO. The molecule has 0 amide bonds. The molecule has 2 N–H and O–H groups in total. The van der Waals surface area contributed by atoms with Crippen molar-refractivity contribution in [2.75, 3.05) is 6.61 Å². The molecule has 72 valence electrons. The summed E-state index contributed by atoms with van der Waals surface area (Å²) in [4.78, 5) is 10.1. The highest BCUT2D eigenvalue weighted by Gasteiger charge is 1.95. The Kier molecular flexibility index (Phi) is 8.12. The van der Waals surface area contributed by atoms with Gasteiger partial charge in [-0.05, 0) is 12.8 Å². The molecule has 3 heteroatoms. The largest absolute Gasteiger partial charge is 0.481 e. The zero-order chi connectivity index (χ0) is 9.23. The molecule has 0 saturated carbocycles. The molecule has 3 nitrogen and oxygen atoms in total. The van der Waals surface area contributed by atoms with Gasteiger partial charge in [0.05, 0.1) is 0 Å². The summed E-state index contributed by atoms with van der Waals surface area (Å²) in [6.45, 7) is 0.273. The Balaban J connectivity index is 2.86. The number of rotatable bonds is 8. The zero-order valence-corrected chi connectivity index (χ0v) is 7.46. The number of carboxylic acid groups (broad SMARTS) is 1. The normalized spacial score (nSPS) is 10.1. The molecule has 0 heterocycles. The van der Waals surface area contributed by atoms with Gasteiger partial charge in [0, 0.05) is 13.0 Å². The Morgan fingerprint density at radius 2 is 1.42 bits per heavy atom. The molecule has 0 saturated heterocycles. The maximum absolute atomic E-state index is 10.1. The smallest absolute Gasteiger partial charge is 0.303 e. The van der Waals surface area contributed by atoms with E-state index in [1.807, 2.05) is 0 Å². The van der Waals surface area contributed by atoms with Crippen molar-refractivity contribution in [3.63, 3.8) is 0 Å². The van der Waals surface area contributed by atoms with Crippen LogP contribution < -0.4 is 0 Å². The highest BCUT2D eigenvalue weighted by molar-refractivity contribution is 5.66. The first-order valence-electron chi connectivity index (χ1n) is 4.60. The summed E-state index contributed by atoms with van der Waals surface area (Å²) in [5.74, 6) is -0.703. The first-order valence-corrected chi connectivity index (χ1v) is 4.60. The van der Waals surface area contributed by atoms with Crippen LogP contribution >= 0.6 is 0 Å².